The minimum absolute atomic E-state index is 0.0993. The minimum Gasteiger partial charge on any atom is -0.447 e. The van der Waals surface area contributed by atoms with Crippen LogP contribution in [0.2, 0.25) is 5.02 Å². The zero-order chi connectivity index (χ0) is 31.8. The SMILES string of the molecule is Cc1nc2c(c(C)c(C)n2CCC#N)c(-c2ccc(Cl)cc2)c1[C@@H](OC(C)(C)C)C(=O)N1C(=O)OC[C@H]1Cc1ccccc1. The molecule has 2 aromatic carbocycles. The highest BCUT2D eigenvalue weighted by Crippen LogP contribution is 2.43. The molecule has 2 atom stereocenters. The van der Waals surface area contributed by atoms with Crippen LogP contribution in [0.1, 0.15) is 61.4 Å². The molecule has 1 fully saturated rings. The Kier molecular flexibility index (Phi) is 8.83. The van der Waals surface area contributed by atoms with Crippen LogP contribution in [0, 0.1) is 32.1 Å². The van der Waals surface area contributed by atoms with Crippen molar-refractivity contribution in [2.75, 3.05) is 6.61 Å². The van der Waals surface area contributed by atoms with Gasteiger partial charge in [-0.3, -0.25) is 4.79 Å². The van der Waals surface area contributed by atoms with Crippen LogP contribution in [-0.4, -0.2) is 44.7 Å². The molecule has 5 rings (SSSR count). The second-order valence-electron chi connectivity index (χ2n) is 12.2. The predicted octanol–water partition coefficient (Wildman–Crippen LogP) is 7.64. The van der Waals surface area contributed by atoms with Gasteiger partial charge in [0, 0.05) is 39.5 Å². The Labute approximate surface area is 263 Å². The summed E-state index contributed by atoms with van der Waals surface area (Å²) < 4.78 is 14.1. The topological polar surface area (TPSA) is 97.5 Å². The standard InChI is InChI=1S/C35H37ClN4O4/c1-21-23(3)39(18-10-17-37)32-28(21)30(25-13-15-26(36)16-14-25)29(22(2)38-32)31(44-35(4,5)6)33(41)40-27(20-43-34(40)42)19-24-11-8-7-9-12-24/h7-9,11-16,27,31H,10,18-20H2,1-6H3/t27-,31-/m1/s1. The molecule has 44 heavy (non-hydrogen) atoms. The second kappa shape index (κ2) is 12.4. The van der Waals surface area contributed by atoms with E-state index in [0.717, 1.165) is 39.0 Å². The fourth-order valence-corrected chi connectivity index (χ4v) is 6.07. The van der Waals surface area contributed by atoms with Crippen molar-refractivity contribution in [3.05, 3.63) is 87.7 Å². The molecule has 0 N–H and O–H groups in total. The zero-order valence-corrected chi connectivity index (χ0v) is 26.7. The maximum Gasteiger partial charge on any atom is 0.417 e. The Balaban J connectivity index is 1.75. The van der Waals surface area contributed by atoms with E-state index in [-0.39, 0.29) is 6.61 Å². The van der Waals surface area contributed by atoms with Gasteiger partial charge < -0.3 is 14.0 Å². The number of carbonyl (C=O) groups is 2. The lowest BCUT2D eigenvalue weighted by Crippen LogP contribution is -2.45. The first-order valence-corrected chi connectivity index (χ1v) is 15.1. The number of hydrogen-bond donors (Lipinski definition) is 0. The molecule has 0 radical (unpaired) electrons. The van der Waals surface area contributed by atoms with Crippen LogP contribution >= 0.6 is 11.6 Å². The molecule has 4 aromatic rings. The molecule has 0 saturated carbocycles. The number of amides is 2. The van der Waals surface area contributed by atoms with Crippen molar-refractivity contribution in [3.8, 4) is 17.2 Å². The van der Waals surface area contributed by atoms with Gasteiger partial charge in [0.15, 0.2) is 6.10 Å². The van der Waals surface area contributed by atoms with E-state index in [2.05, 4.69) is 10.6 Å². The van der Waals surface area contributed by atoms with E-state index in [1.807, 2.05) is 96.1 Å². The van der Waals surface area contributed by atoms with Crippen LogP contribution in [0.5, 0.6) is 0 Å². The van der Waals surface area contributed by atoms with Gasteiger partial charge >= 0.3 is 6.09 Å². The number of halogens is 1. The summed E-state index contributed by atoms with van der Waals surface area (Å²) in [6, 6.07) is 18.9. The molecule has 1 aliphatic heterocycles. The van der Waals surface area contributed by atoms with Crippen molar-refractivity contribution in [1.82, 2.24) is 14.5 Å². The Morgan fingerprint density at radius 1 is 1.14 bits per heavy atom. The summed E-state index contributed by atoms with van der Waals surface area (Å²) in [6.07, 6.45) is -1.06. The van der Waals surface area contributed by atoms with Gasteiger partial charge in [-0.1, -0.05) is 54.1 Å². The minimum atomic E-state index is -1.16. The van der Waals surface area contributed by atoms with Gasteiger partial charge in [0.25, 0.3) is 5.91 Å². The third kappa shape index (κ3) is 6.08. The lowest BCUT2D eigenvalue weighted by Gasteiger charge is -2.32. The summed E-state index contributed by atoms with van der Waals surface area (Å²) in [5.74, 6) is -0.499. The maximum atomic E-state index is 14.7. The molecule has 9 heteroatoms. The number of nitriles is 1. The molecule has 1 aliphatic rings. The number of imide groups is 1. The summed E-state index contributed by atoms with van der Waals surface area (Å²) in [7, 11) is 0. The summed E-state index contributed by atoms with van der Waals surface area (Å²) in [6.45, 7) is 12.1. The van der Waals surface area contributed by atoms with Gasteiger partial charge in [-0.25, -0.2) is 14.7 Å². The molecule has 3 heterocycles. The molecule has 2 aromatic heterocycles. The van der Waals surface area contributed by atoms with Gasteiger partial charge in [-0.2, -0.15) is 5.26 Å². The first-order valence-electron chi connectivity index (χ1n) is 14.8. The average Bonchev–Trinajstić information content (AvgIpc) is 3.45. The zero-order valence-electron chi connectivity index (χ0n) is 26.0. The predicted molar refractivity (Wildman–Crippen MR) is 170 cm³/mol. The number of cyclic esters (lactones) is 1. The fourth-order valence-electron chi connectivity index (χ4n) is 5.95. The average molecular weight is 613 g/mol. The molecule has 8 nitrogen and oxygen atoms in total. The van der Waals surface area contributed by atoms with Gasteiger partial charge in [0.1, 0.15) is 12.3 Å². The summed E-state index contributed by atoms with van der Waals surface area (Å²) >= 11 is 6.31. The summed E-state index contributed by atoms with van der Waals surface area (Å²) in [5.41, 5.74) is 5.74. The van der Waals surface area contributed by atoms with Gasteiger partial charge in [-0.15, -0.1) is 0 Å². The van der Waals surface area contributed by atoms with E-state index in [4.69, 9.17) is 26.1 Å². The number of pyridine rings is 1. The molecule has 1 saturated heterocycles. The number of aryl methyl sites for hydroxylation is 3. The maximum absolute atomic E-state index is 14.7. The number of aromatic nitrogens is 2. The normalized spacial score (nSPS) is 15.8. The first kappa shape index (κ1) is 31.2. The van der Waals surface area contributed by atoms with E-state index in [1.54, 1.807) is 0 Å². The van der Waals surface area contributed by atoms with Crippen molar-refractivity contribution in [2.45, 2.75) is 78.7 Å². The third-order valence-electron chi connectivity index (χ3n) is 8.04. The fraction of sp³-hybridized carbons (Fsp3) is 0.371. The highest BCUT2D eigenvalue weighted by atomic mass is 35.5. The number of fused-ring (bicyclic) bond motifs is 1. The van der Waals surface area contributed by atoms with Crippen LogP contribution in [-0.2, 0) is 27.2 Å². The highest BCUT2D eigenvalue weighted by Gasteiger charge is 2.44. The smallest absolute Gasteiger partial charge is 0.417 e. The van der Waals surface area contributed by atoms with Crippen molar-refractivity contribution >= 4 is 34.6 Å². The van der Waals surface area contributed by atoms with Gasteiger partial charge in [-0.05, 0) is 76.8 Å². The number of hydrogen-bond acceptors (Lipinski definition) is 6. The largest absolute Gasteiger partial charge is 0.447 e. The summed E-state index contributed by atoms with van der Waals surface area (Å²) in [4.78, 5) is 34.1. The Morgan fingerprint density at radius 3 is 2.45 bits per heavy atom. The van der Waals surface area contributed by atoms with Crippen molar-refractivity contribution in [2.24, 2.45) is 0 Å². The van der Waals surface area contributed by atoms with Gasteiger partial charge in [0.05, 0.1) is 24.1 Å². The summed E-state index contributed by atoms with van der Waals surface area (Å²) in [5, 5.41) is 10.8. The molecule has 0 bridgehead atoms. The molecular formula is C35H37ClN4O4. The molecular weight excluding hydrogens is 576 g/mol. The Bertz CT molecular complexity index is 1750. The number of rotatable bonds is 8. The molecule has 0 unspecified atom stereocenters. The highest BCUT2D eigenvalue weighted by molar-refractivity contribution is 6.30. The molecule has 0 spiro atoms. The first-order chi connectivity index (χ1) is 20.9. The van der Waals surface area contributed by atoms with Crippen LogP contribution in [0.15, 0.2) is 54.6 Å². The van der Waals surface area contributed by atoms with Gasteiger partial charge in [0.2, 0.25) is 0 Å². The van der Waals surface area contributed by atoms with Crippen molar-refractivity contribution in [1.29, 1.82) is 5.26 Å². The van der Waals surface area contributed by atoms with E-state index in [1.165, 1.54) is 4.90 Å². The molecule has 0 aliphatic carbocycles. The number of benzene rings is 2. The van der Waals surface area contributed by atoms with Crippen LogP contribution < -0.4 is 0 Å². The van der Waals surface area contributed by atoms with Crippen LogP contribution in [0.25, 0.3) is 22.2 Å². The quantitative estimate of drug-likeness (QED) is 0.203. The second-order valence-corrected chi connectivity index (χ2v) is 12.6. The van der Waals surface area contributed by atoms with E-state index < -0.39 is 29.7 Å². The Morgan fingerprint density at radius 2 is 1.82 bits per heavy atom. The van der Waals surface area contributed by atoms with Crippen molar-refractivity contribution < 1.29 is 19.1 Å². The number of carbonyl (C=O) groups excluding carboxylic acids is 2. The number of ether oxygens (including phenoxy) is 2. The third-order valence-corrected chi connectivity index (χ3v) is 8.29. The molecule has 2 amide bonds. The Hall–Kier alpha value is -4.19. The number of nitrogens with zero attached hydrogens (tertiary/aromatic N) is 4. The van der Waals surface area contributed by atoms with Crippen molar-refractivity contribution in [3.63, 3.8) is 0 Å². The lowest BCUT2D eigenvalue weighted by molar-refractivity contribution is -0.152. The van der Waals surface area contributed by atoms with E-state index >= 15 is 0 Å². The van der Waals surface area contributed by atoms with E-state index in [0.29, 0.717) is 35.7 Å². The van der Waals surface area contributed by atoms with Crippen LogP contribution in [0.3, 0.4) is 0 Å². The van der Waals surface area contributed by atoms with Crippen LogP contribution in [0.4, 0.5) is 4.79 Å². The lowest BCUT2D eigenvalue weighted by atomic mass is 9.90. The molecule has 228 valence electrons. The monoisotopic (exact) mass is 612 g/mol. The van der Waals surface area contributed by atoms with E-state index in [9.17, 15) is 14.9 Å².